The number of hydrogen-bond donors (Lipinski definition) is 1. The number of hydrogen-bond acceptors (Lipinski definition) is 4. The maximum atomic E-state index is 11.7. The number of amides is 1. The van der Waals surface area contributed by atoms with Gasteiger partial charge in [-0.15, -0.1) is 0 Å². The molecule has 0 unspecified atom stereocenters. The predicted molar refractivity (Wildman–Crippen MR) is 81.9 cm³/mol. The molecule has 1 heterocycles. The van der Waals surface area contributed by atoms with E-state index in [0.29, 0.717) is 5.13 Å². The van der Waals surface area contributed by atoms with Crippen molar-refractivity contribution < 1.29 is 9.53 Å². The van der Waals surface area contributed by atoms with Gasteiger partial charge in [0.1, 0.15) is 5.60 Å². The Morgan fingerprint density at radius 1 is 1.42 bits per heavy atom. The molecule has 2 aromatic rings. The second-order valence-corrected chi connectivity index (χ2v) is 7.12. The third kappa shape index (κ3) is 3.67. The molecule has 0 saturated heterocycles. The molecule has 0 bridgehead atoms. The topological polar surface area (TPSA) is 51.2 Å². The van der Waals surface area contributed by atoms with Gasteiger partial charge in [0.25, 0.3) is 0 Å². The first-order valence-electron chi connectivity index (χ1n) is 5.81. The monoisotopic (exact) mass is 342 g/mol. The summed E-state index contributed by atoms with van der Waals surface area (Å²) in [6.45, 7) is 7.49. The number of ether oxygens (including phenoxy) is 1. The Hall–Kier alpha value is -1.14. The number of fused-ring (bicyclic) bond motifs is 1. The molecule has 1 aromatic heterocycles. The summed E-state index contributed by atoms with van der Waals surface area (Å²) in [6.07, 6.45) is -0.487. The first kappa shape index (κ1) is 14.3. The van der Waals surface area contributed by atoms with E-state index >= 15 is 0 Å². The highest BCUT2D eigenvalue weighted by Crippen LogP contribution is 2.32. The second-order valence-electron chi connectivity index (χ2n) is 5.24. The largest absolute Gasteiger partial charge is 0.444 e. The van der Waals surface area contributed by atoms with Crippen LogP contribution in [-0.2, 0) is 4.74 Å². The highest BCUT2D eigenvalue weighted by molar-refractivity contribution is 9.10. The van der Waals surface area contributed by atoms with Crippen molar-refractivity contribution in [3.05, 3.63) is 22.2 Å². The van der Waals surface area contributed by atoms with E-state index in [2.05, 4.69) is 26.2 Å². The van der Waals surface area contributed by atoms with E-state index in [0.717, 1.165) is 20.3 Å². The maximum absolute atomic E-state index is 11.7. The zero-order chi connectivity index (χ0) is 14.2. The summed E-state index contributed by atoms with van der Waals surface area (Å²) < 4.78 is 7.15. The van der Waals surface area contributed by atoms with Crippen LogP contribution in [0.3, 0.4) is 0 Å². The van der Waals surface area contributed by atoms with Gasteiger partial charge in [-0.3, -0.25) is 5.32 Å². The van der Waals surface area contributed by atoms with E-state index < -0.39 is 11.7 Å². The van der Waals surface area contributed by atoms with Crippen LogP contribution in [0.5, 0.6) is 0 Å². The standard InChI is InChI=1S/C13H15BrN2O2S/c1-7-5-8(14)10-9(6-7)19-11(15-10)16-12(17)18-13(2,3)4/h5-6H,1-4H3,(H,15,16,17). The molecule has 0 fully saturated rings. The third-order valence-electron chi connectivity index (χ3n) is 2.20. The van der Waals surface area contributed by atoms with Crippen molar-refractivity contribution in [1.82, 2.24) is 4.98 Å². The van der Waals surface area contributed by atoms with Crippen LogP contribution in [0, 0.1) is 6.92 Å². The number of nitrogens with zero attached hydrogens (tertiary/aromatic N) is 1. The number of aromatic nitrogens is 1. The number of carbonyl (C=O) groups excluding carboxylic acids is 1. The fourth-order valence-electron chi connectivity index (χ4n) is 1.56. The summed E-state index contributed by atoms with van der Waals surface area (Å²) in [5, 5.41) is 3.20. The molecule has 0 aliphatic heterocycles. The first-order valence-corrected chi connectivity index (χ1v) is 7.42. The molecule has 0 saturated carbocycles. The van der Waals surface area contributed by atoms with Gasteiger partial charge in [-0.25, -0.2) is 9.78 Å². The molecule has 0 aliphatic carbocycles. The van der Waals surface area contributed by atoms with Gasteiger partial charge < -0.3 is 4.74 Å². The van der Waals surface area contributed by atoms with E-state index in [1.54, 1.807) is 0 Å². The van der Waals surface area contributed by atoms with Gasteiger partial charge in [-0.1, -0.05) is 11.3 Å². The minimum Gasteiger partial charge on any atom is -0.444 e. The molecule has 19 heavy (non-hydrogen) atoms. The zero-order valence-corrected chi connectivity index (χ0v) is 13.6. The summed E-state index contributed by atoms with van der Waals surface area (Å²) in [4.78, 5) is 16.1. The molecule has 4 nitrogen and oxygen atoms in total. The van der Waals surface area contributed by atoms with Crippen molar-refractivity contribution in [2.75, 3.05) is 5.32 Å². The minimum atomic E-state index is -0.516. The Labute approximate surface area is 124 Å². The van der Waals surface area contributed by atoms with Crippen molar-refractivity contribution in [2.45, 2.75) is 33.3 Å². The average Bonchev–Trinajstić information content (AvgIpc) is 2.56. The highest BCUT2D eigenvalue weighted by atomic mass is 79.9. The highest BCUT2D eigenvalue weighted by Gasteiger charge is 2.17. The van der Waals surface area contributed by atoms with Crippen LogP contribution in [0.1, 0.15) is 26.3 Å². The molecule has 0 aliphatic rings. The lowest BCUT2D eigenvalue weighted by Crippen LogP contribution is -2.27. The van der Waals surface area contributed by atoms with Crippen LogP contribution in [0.25, 0.3) is 10.2 Å². The predicted octanol–water partition coefficient (Wildman–Crippen LogP) is 4.71. The number of carbonyl (C=O) groups is 1. The van der Waals surface area contributed by atoms with Crippen LogP contribution in [0.15, 0.2) is 16.6 Å². The Balaban J connectivity index is 2.23. The smallest absolute Gasteiger partial charge is 0.413 e. The Bertz CT molecular complexity index is 631. The Morgan fingerprint density at radius 3 is 2.74 bits per heavy atom. The van der Waals surface area contributed by atoms with E-state index in [1.165, 1.54) is 11.3 Å². The lowest BCUT2D eigenvalue weighted by atomic mass is 10.2. The molecule has 0 atom stereocenters. The molecule has 0 radical (unpaired) electrons. The van der Waals surface area contributed by atoms with Gasteiger partial charge in [0.2, 0.25) is 0 Å². The van der Waals surface area contributed by atoms with E-state index in [4.69, 9.17) is 4.74 Å². The van der Waals surface area contributed by atoms with Crippen LogP contribution in [0.4, 0.5) is 9.93 Å². The molecule has 2 rings (SSSR count). The van der Waals surface area contributed by atoms with Crippen molar-refractivity contribution in [3.8, 4) is 0 Å². The Morgan fingerprint density at radius 2 is 2.11 bits per heavy atom. The van der Waals surface area contributed by atoms with Crippen LogP contribution in [0.2, 0.25) is 0 Å². The van der Waals surface area contributed by atoms with Crippen molar-refractivity contribution >= 4 is 48.7 Å². The van der Waals surface area contributed by atoms with E-state index in [-0.39, 0.29) is 0 Å². The number of nitrogens with one attached hydrogen (secondary N) is 1. The fourth-order valence-corrected chi connectivity index (χ4v) is 3.33. The summed E-state index contributed by atoms with van der Waals surface area (Å²) in [5.74, 6) is 0. The molecular weight excluding hydrogens is 328 g/mol. The van der Waals surface area contributed by atoms with Crippen LogP contribution in [-0.4, -0.2) is 16.7 Å². The molecule has 1 N–H and O–H groups in total. The quantitative estimate of drug-likeness (QED) is 0.815. The number of anilines is 1. The third-order valence-corrected chi connectivity index (χ3v) is 3.72. The van der Waals surface area contributed by atoms with E-state index in [1.807, 2.05) is 39.8 Å². The molecule has 1 amide bonds. The van der Waals surface area contributed by atoms with Gasteiger partial charge in [-0.2, -0.15) is 0 Å². The second kappa shape index (κ2) is 5.09. The van der Waals surface area contributed by atoms with Crippen LogP contribution < -0.4 is 5.32 Å². The lowest BCUT2D eigenvalue weighted by molar-refractivity contribution is 0.0636. The van der Waals surface area contributed by atoms with E-state index in [9.17, 15) is 4.79 Å². The van der Waals surface area contributed by atoms with Gasteiger partial charge in [0, 0.05) is 4.47 Å². The number of aryl methyl sites for hydroxylation is 1. The van der Waals surface area contributed by atoms with Gasteiger partial charge in [0.15, 0.2) is 5.13 Å². The van der Waals surface area contributed by atoms with Crippen molar-refractivity contribution in [1.29, 1.82) is 0 Å². The summed E-state index contributed by atoms with van der Waals surface area (Å²) in [6, 6.07) is 4.04. The van der Waals surface area contributed by atoms with Gasteiger partial charge in [-0.05, 0) is 61.3 Å². The molecule has 6 heteroatoms. The summed E-state index contributed by atoms with van der Waals surface area (Å²) >= 11 is 4.90. The number of halogens is 1. The average molecular weight is 343 g/mol. The summed E-state index contributed by atoms with van der Waals surface area (Å²) in [7, 11) is 0. The molecule has 102 valence electrons. The number of rotatable bonds is 1. The number of thiazole rings is 1. The lowest BCUT2D eigenvalue weighted by Gasteiger charge is -2.18. The normalized spacial score (nSPS) is 11.6. The molecule has 1 aromatic carbocycles. The van der Waals surface area contributed by atoms with Crippen molar-refractivity contribution in [3.63, 3.8) is 0 Å². The van der Waals surface area contributed by atoms with Crippen molar-refractivity contribution in [2.24, 2.45) is 0 Å². The summed E-state index contributed by atoms with van der Waals surface area (Å²) in [5.41, 5.74) is 1.48. The first-order chi connectivity index (χ1) is 8.74. The van der Waals surface area contributed by atoms with Gasteiger partial charge in [0.05, 0.1) is 10.2 Å². The fraction of sp³-hybridized carbons (Fsp3) is 0.385. The van der Waals surface area contributed by atoms with Gasteiger partial charge >= 0.3 is 6.09 Å². The zero-order valence-electron chi connectivity index (χ0n) is 11.2. The molecular formula is C13H15BrN2O2S. The van der Waals surface area contributed by atoms with Crippen LogP contribution >= 0.6 is 27.3 Å². The number of benzene rings is 1. The molecule has 0 spiro atoms. The Kier molecular flexibility index (Phi) is 3.82. The minimum absolute atomic E-state index is 0.487. The SMILES string of the molecule is Cc1cc(Br)c2nc(NC(=O)OC(C)(C)C)sc2c1. The maximum Gasteiger partial charge on any atom is 0.413 e.